The number of hydrogen-bond acceptors (Lipinski definition) is 8. The molecule has 1 fully saturated rings. The van der Waals surface area contributed by atoms with Crippen LogP contribution >= 0.6 is 0 Å². The summed E-state index contributed by atoms with van der Waals surface area (Å²) < 4.78 is 8.11. The number of pyridine rings is 1. The standard InChI is InChI=1S/C21H26N8O/c1-28-6-5-18(13-28)30-17-4-2-3-14(8-17)11-29-12-15(10-23-29)7-16-9-19(22)24-21-20(16)25-27-26-21/h2-4,8-10,12,18,25,27H,5-7,11,13H2,1H3,(H3,22,24,26)/t18-/m1/s1. The summed E-state index contributed by atoms with van der Waals surface area (Å²) in [5.41, 5.74) is 19.1. The molecule has 5 rings (SSSR count). The smallest absolute Gasteiger partial charge is 0.169 e. The van der Waals surface area contributed by atoms with E-state index < -0.39 is 0 Å². The Kier molecular flexibility index (Phi) is 4.89. The SMILES string of the molecule is CN1CC[C@@H](Oc2cccc(Cn3cc(Cc4cc(N)nc5c4NNN5)cn3)c2)C1. The molecule has 2 aromatic heterocycles. The number of nitrogens with one attached hydrogen (secondary N) is 3. The van der Waals surface area contributed by atoms with Gasteiger partial charge in [-0.3, -0.25) is 10.1 Å². The van der Waals surface area contributed by atoms with Crippen LogP contribution in [0.4, 0.5) is 17.3 Å². The van der Waals surface area contributed by atoms with E-state index in [0.717, 1.165) is 47.6 Å². The van der Waals surface area contributed by atoms with Crippen LogP contribution in [0.15, 0.2) is 42.7 Å². The van der Waals surface area contributed by atoms with Crippen molar-refractivity contribution >= 4 is 17.3 Å². The van der Waals surface area contributed by atoms with Crippen LogP contribution in [0.5, 0.6) is 5.75 Å². The minimum Gasteiger partial charge on any atom is -0.489 e. The highest BCUT2D eigenvalue weighted by atomic mass is 16.5. The summed E-state index contributed by atoms with van der Waals surface area (Å²) in [7, 11) is 2.13. The molecular formula is C21H26N8O. The Balaban J connectivity index is 1.26. The predicted octanol–water partition coefficient (Wildman–Crippen LogP) is 1.84. The number of nitrogens with two attached hydrogens (primary N) is 1. The van der Waals surface area contributed by atoms with Crippen molar-refractivity contribution in [2.45, 2.75) is 25.5 Å². The van der Waals surface area contributed by atoms with Gasteiger partial charge in [0, 0.05) is 25.7 Å². The first kappa shape index (κ1) is 18.7. The van der Waals surface area contributed by atoms with Crippen LogP contribution in [0.1, 0.15) is 23.1 Å². The van der Waals surface area contributed by atoms with Crippen molar-refractivity contribution in [3.63, 3.8) is 0 Å². The summed E-state index contributed by atoms with van der Waals surface area (Å²) >= 11 is 0. The van der Waals surface area contributed by atoms with Gasteiger partial charge >= 0.3 is 0 Å². The van der Waals surface area contributed by atoms with Crippen molar-refractivity contribution in [2.75, 3.05) is 36.7 Å². The number of likely N-dealkylation sites (tertiary alicyclic amines) is 1. The number of benzene rings is 1. The van der Waals surface area contributed by atoms with Crippen LogP contribution in [-0.2, 0) is 13.0 Å². The summed E-state index contributed by atoms with van der Waals surface area (Å²) in [6.07, 6.45) is 6.02. The molecular weight excluding hydrogens is 380 g/mol. The molecule has 0 unspecified atom stereocenters. The van der Waals surface area contributed by atoms with E-state index in [9.17, 15) is 0 Å². The van der Waals surface area contributed by atoms with Gasteiger partial charge in [0.25, 0.3) is 0 Å². The molecule has 0 radical (unpaired) electrons. The molecule has 1 atom stereocenters. The molecule has 2 aliphatic heterocycles. The number of ether oxygens (including phenoxy) is 1. The lowest BCUT2D eigenvalue weighted by atomic mass is 10.1. The van der Waals surface area contributed by atoms with E-state index in [4.69, 9.17) is 10.5 Å². The van der Waals surface area contributed by atoms with Crippen molar-refractivity contribution in [3.05, 3.63) is 59.4 Å². The number of hydrogen-bond donors (Lipinski definition) is 4. The number of fused-ring (bicyclic) bond motifs is 1. The Bertz CT molecular complexity index is 1050. The molecule has 0 bridgehead atoms. The third-order valence-electron chi connectivity index (χ3n) is 5.46. The summed E-state index contributed by atoms with van der Waals surface area (Å²) in [5.74, 6) is 2.12. The quantitative estimate of drug-likeness (QED) is 0.492. The topological polar surface area (TPSA) is 105 Å². The monoisotopic (exact) mass is 406 g/mol. The highest BCUT2D eigenvalue weighted by molar-refractivity contribution is 5.74. The van der Waals surface area contributed by atoms with Crippen LogP contribution in [-0.4, -0.2) is 45.9 Å². The van der Waals surface area contributed by atoms with Crippen molar-refractivity contribution in [1.29, 1.82) is 0 Å². The van der Waals surface area contributed by atoms with Gasteiger partial charge < -0.3 is 20.8 Å². The van der Waals surface area contributed by atoms with Gasteiger partial charge in [0.2, 0.25) is 0 Å². The fourth-order valence-corrected chi connectivity index (χ4v) is 4.03. The van der Waals surface area contributed by atoms with Gasteiger partial charge in [-0.2, -0.15) is 5.10 Å². The van der Waals surface area contributed by atoms with E-state index in [0.29, 0.717) is 24.6 Å². The van der Waals surface area contributed by atoms with Gasteiger partial charge in [0.15, 0.2) is 5.82 Å². The molecule has 0 aliphatic carbocycles. The first-order chi connectivity index (χ1) is 14.6. The van der Waals surface area contributed by atoms with E-state index in [-0.39, 0.29) is 6.10 Å². The van der Waals surface area contributed by atoms with Crippen molar-refractivity contribution in [2.24, 2.45) is 0 Å². The molecule has 4 heterocycles. The zero-order chi connectivity index (χ0) is 20.5. The van der Waals surface area contributed by atoms with E-state index >= 15 is 0 Å². The number of nitrogen functional groups attached to an aromatic ring is 1. The van der Waals surface area contributed by atoms with Crippen LogP contribution in [0.25, 0.3) is 0 Å². The summed E-state index contributed by atoms with van der Waals surface area (Å²) in [6, 6.07) is 10.2. The number of likely N-dealkylation sites (N-methyl/N-ethyl adjacent to an activating group) is 1. The van der Waals surface area contributed by atoms with Gasteiger partial charge in [-0.15, -0.1) is 5.53 Å². The minimum atomic E-state index is 0.272. The van der Waals surface area contributed by atoms with Crippen LogP contribution in [0.3, 0.4) is 0 Å². The average Bonchev–Trinajstić information content (AvgIpc) is 3.44. The van der Waals surface area contributed by atoms with Gasteiger partial charge in [-0.05, 0) is 48.4 Å². The highest BCUT2D eigenvalue weighted by Crippen LogP contribution is 2.30. The molecule has 1 saturated heterocycles. The maximum Gasteiger partial charge on any atom is 0.169 e. The van der Waals surface area contributed by atoms with Gasteiger partial charge in [0.05, 0.1) is 18.4 Å². The second-order valence-electron chi connectivity index (χ2n) is 7.97. The second kappa shape index (κ2) is 7.85. The summed E-state index contributed by atoms with van der Waals surface area (Å²) in [4.78, 5) is 6.57. The number of rotatable bonds is 6. The molecule has 2 aliphatic rings. The van der Waals surface area contributed by atoms with Crippen LogP contribution in [0, 0.1) is 0 Å². The number of nitrogens with zero attached hydrogens (tertiary/aromatic N) is 4. The second-order valence-corrected chi connectivity index (χ2v) is 7.97. The maximum atomic E-state index is 6.15. The predicted molar refractivity (Wildman–Crippen MR) is 116 cm³/mol. The van der Waals surface area contributed by atoms with E-state index in [1.54, 1.807) is 0 Å². The number of aromatic nitrogens is 3. The summed E-state index contributed by atoms with van der Waals surface area (Å²) in [5, 5.41) is 4.54. The van der Waals surface area contributed by atoms with E-state index in [2.05, 4.69) is 56.7 Å². The Morgan fingerprint density at radius 3 is 3.03 bits per heavy atom. The van der Waals surface area contributed by atoms with Gasteiger partial charge in [0.1, 0.15) is 17.7 Å². The largest absolute Gasteiger partial charge is 0.489 e. The Morgan fingerprint density at radius 2 is 2.17 bits per heavy atom. The van der Waals surface area contributed by atoms with Crippen molar-refractivity contribution in [1.82, 2.24) is 25.2 Å². The Hall–Kier alpha value is -3.30. The molecule has 30 heavy (non-hydrogen) atoms. The van der Waals surface area contributed by atoms with Gasteiger partial charge in [-0.25, -0.2) is 4.98 Å². The molecule has 0 spiro atoms. The lowest BCUT2D eigenvalue weighted by molar-refractivity contribution is 0.208. The maximum absolute atomic E-state index is 6.15. The van der Waals surface area contributed by atoms with Crippen LogP contribution < -0.4 is 26.9 Å². The molecule has 5 N–H and O–H groups in total. The summed E-state index contributed by atoms with van der Waals surface area (Å²) in [6.45, 7) is 2.77. The lowest BCUT2D eigenvalue weighted by Gasteiger charge is -2.14. The molecule has 9 heteroatoms. The van der Waals surface area contributed by atoms with Crippen molar-refractivity contribution < 1.29 is 4.74 Å². The third-order valence-corrected chi connectivity index (χ3v) is 5.46. The number of anilines is 3. The minimum absolute atomic E-state index is 0.272. The lowest BCUT2D eigenvalue weighted by Crippen LogP contribution is -2.21. The van der Waals surface area contributed by atoms with Gasteiger partial charge in [-0.1, -0.05) is 12.1 Å². The first-order valence-corrected chi connectivity index (χ1v) is 10.1. The molecule has 3 aromatic rings. The third kappa shape index (κ3) is 4.03. The van der Waals surface area contributed by atoms with E-state index in [1.807, 2.05) is 29.1 Å². The normalized spacial score (nSPS) is 18.1. The fraction of sp³-hybridized carbons (Fsp3) is 0.333. The molecule has 0 saturated carbocycles. The average molecular weight is 406 g/mol. The fourth-order valence-electron chi connectivity index (χ4n) is 4.03. The molecule has 0 amide bonds. The van der Waals surface area contributed by atoms with E-state index in [1.165, 1.54) is 0 Å². The molecule has 9 nitrogen and oxygen atoms in total. The first-order valence-electron chi connectivity index (χ1n) is 10.1. The zero-order valence-corrected chi connectivity index (χ0v) is 16.9. The molecule has 1 aromatic carbocycles. The zero-order valence-electron chi connectivity index (χ0n) is 16.9. The Labute approximate surface area is 175 Å². The number of hydrazine groups is 2. The highest BCUT2D eigenvalue weighted by Gasteiger charge is 2.21. The van der Waals surface area contributed by atoms with Crippen LogP contribution in [0.2, 0.25) is 0 Å². The Morgan fingerprint density at radius 1 is 1.23 bits per heavy atom. The van der Waals surface area contributed by atoms with Crippen molar-refractivity contribution in [3.8, 4) is 5.75 Å². The molecule has 156 valence electrons.